The Labute approximate surface area is 465 Å². The minimum absolute atomic E-state index is 0.0108. The van der Waals surface area contributed by atoms with E-state index < -0.39 is 77.8 Å². The van der Waals surface area contributed by atoms with Crippen molar-refractivity contribution in [3.05, 3.63) is 47.6 Å². The van der Waals surface area contributed by atoms with Crippen LogP contribution in [0.25, 0.3) is 0 Å². The molecule has 442 valence electrons. The van der Waals surface area contributed by atoms with Crippen LogP contribution in [0.5, 0.6) is 0 Å². The molecule has 3 saturated heterocycles. The number of aliphatic hydroxyl groups is 3. The quantitative estimate of drug-likeness (QED) is 0.0728. The molecule has 2 bridgehead atoms. The number of hydrogen-bond acceptors (Lipinski definition) is 16. The van der Waals surface area contributed by atoms with Gasteiger partial charge in [-0.25, -0.2) is 4.79 Å². The summed E-state index contributed by atoms with van der Waals surface area (Å²) < 4.78 is 42.7. The van der Waals surface area contributed by atoms with Gasteiger partial charge in [-0.15, -0.1) is 0 Å². The predicted octanol–water partition coefficient (Wildman–Crippen LogP) is 7.07. The molecule has 17 heteroatoms. The number of hydrogen-bond donors (Lipinski definition) is 3. The number of ketones is 3. The number of piperidine rings is 1. The molecule has 0 spiro atoms. The first-order chi connectivity index (χ1) is 37.0. The van der Waals surface area contributed by atoms with E-state index in [2.05, 4.69) is 18.7 Å². The van der Waals surface area contributed by atoms with E-state index in [1.165, 1.54) is 12.0 Å². The smallest absolute Gasteiger partial charge is 0.329 e. The Kier molecular flexibility index (Phi) is 26.0. The molecule has 15 atom stereocenters. The first-order valence-corrected chi connectivity index (χ1v) is 29.2. The van der Waals surface area contributed by atoms with E-state index in [1.807, 2.05) is 58.1 Å². The number of morpholine rings is 1. The molecule has 1 aliphatic carbocycles. The summed E-state index contributed by atoms with van der Waals surface area (Å²) >= 11 is 0. The summed E-state index contributed by atoms with van der Waals surface area (Å²) in [5, 5.41) is 33.4. The topological polar surface area (TPSA) is 217 Å². The lowest BCUT2D eigenvalue weighted by atomic mass is 9.78. The summed E-state index contributed by atoms with van der Waals surface area (Å²) in [7, 11) is 3.09. The molecule has 4 fully saturated rings. The molecule has 5 aliphatic rings. The molecule has 3 N–H and O–H groups in total. The van der Waals surface area contributed by atoms with E-state index in [4.69, 9.17) is 33.2 Å². The number of aliphatic hydroxyl groups excluding tert-OH is 2. The fraction of sp³-hybridized carbons (Fsp3) is 0.787. The van der Waals surface area contributed by atoms with Gasteiger partial charge >= 0.3 is 5.97 Å². The Balaban J connectivity index is 1.41. The third-order valence-electron chi connectivity index (χ3n) is 17.0. The summed E-state index contributed by atoms with van der Waals surface area (Å²) in [5.74, 6) is -8.10. The third-order valence-corrected chi connectivity index (χ3v) is 17.0. The highest BCUT2D eigenvalue weighted by Gasteiger charge is 2.53. The maximum Gasteiger partial charge on any atom is 0.329 e. The third kappa shape index (κ3) is 18.5. The van der Waals surface area contributed by atoms with Gasteiger partial charge in [0.1, 0.15) is 30.1 Å². The van der Waals surface area contributed by atoms with E-state index in [9.17, 15) is 39.3 Å². The highest BCUT2D eigenvalue weighted by Crippen LogP contribution is 2.38. The lowest BCUT2D eigenvalue weighted by Gasteiger charge is -2.43. The van der Waals surface area contributed by atoms with Crippen LogP contribution in [0.15, 0.2) is 47.6 Å². The number of Topliss-reactive ketones (excluding diaryl/α,β-unsaturated/α-hetero) is 3. The number of amides is 1. The summed E-state index contributed by atoms with van der Waals surface area (Å²) in [6.07, 6.45) is 12.7. The van der Waals surface area contributed by atoms with Gasteiger partial charge in [-0.1, -0.05) is 71.1 Å². The second-order valence-corrected chi connectivity index (χ2v) is 24.0. The molecule has 4 heterocycles. The van der Waals surface area contributed by atoms with Crippen LogP contribution in [0.3, 0.4) is 0 Å². The van der Waals surface area contributed by atoms with Crippen LogP contribution in [0.2, 0.25) is 0 Å². The Hall–Kier alpha value is -3.49. The number of cyclic esters (lactones) is 1. The van der Waals surface area contributed by atoms with Crippen molar-refractivity contribution in [1.82, 2.24) is 9.80 Å². The lowest BCUT2D eigenvalue weighted by molar-refractivity contribution is -0.266. The number of rotatable bonds is 13. The first-order valence-electron chi connectivity index (χ1n) is 29.2. The normalized spacial score (nSPS) is 37.8. The molecule has 78 heavy (non-hydrogen) atoms. The van der Waals surface area contributed by atoms with Gasteiger partial charge in [-0.05, 0) is 127 Å². The van der Waals surface area contributed by atoms with Crippen molar-refractivity contribution in [3.8, 4) is 0 Å². The molecule has 1 unspecified atom stereocenters. The second-order valence-electron chi connectivity index (χ2n) is 24.0. The molecule has 5 rings (SSSR count). The van der Waals surface area contributed by atoms with Gasteiger partial charge < -0.3 is 53.4 Å². The van der Waals surface area contributed by atoms with Crippen LogP contribution in [-0.4, -0.2) is 181 Å². The molecule has 1 saturated carbocycles. The van der Waals surface area contributed by atoms with Gasteiger partial charge in [0.05, 0.1) is 49.8 Å². The zero-order valence-corrected chi connectivity index (χ0v) is 49.0. The van der Waals surface area contributed by atoms with Gasteiger partial charge in [0.25, 0.3) is 11.7 Å². The van der Waals surface area contributed by atoms with Crippen LogP contribution in [0.1, 0.15) is 146 Å². The van der Waals surface area contributed by atoms with Gasteiger partial charge in [-0.2, -0.15) is 0 Å². The van der Waals surface area contributed by atoms with Crippen molar-refractivity contribution in [2.24, 2.45) is 35.5 Å². The lowest BCUT2D eigenvalue weighted by Crippen LogP contribution is -2.61. The van der Waals surface area contributed by atoms with Crippen molar-refractivity contribution >= 4 is 29.2 Å². The molecule has 0 radical (unpaired) electrons. The Morgan fingerprint density at radius 1 is 0.846 bits per heavy atom. The predicted molar refractivity (Wildman–Crippen MR) is 296 cm³/mol. The van der Waals surface area contributed by atoms with Crippen LogP contribution < -0.4 is 0 Å². The molecular formula is C61H98N2O15. The monoisotopic (exact) mass is 1100 g/mol. The number of ether oxygens (including phenoxy) is 7. The van der Waals surface area contributed by atoms with Crippen molar-refractivity contribution in [3.63, 3.8) is 0 Å². The van der Waals surface area contributed by atoms with Gasteiger partial charge in [0, 0.05) is 77.6 Å². The fourth-order valence-electron chi connectivity index (χ4n) is 12.2. The van der Waals surface area contributed by atoms with E-state index >= 15 is 0 Å². The number of carbonyl (C=O) groups excluding carboxylic acids is 5. The number of carbonyl (C=O) groups is 5. The number of esters is 1. The minimum atomic E-state index is -2.48. The number of nitrogens with zero attached hydrogens (tertiary/aromatic N) is 2. The molecule has 0 aromatic carbocycles. The zero-order valence-electron chi connectivity index (χ0n) is 49.0. The summed E-state index contributed by atoms with van der Waals surface area (Å²) in [6.45, 7) is 20.8. The van der Waals surface area contributed by atoms with Crippen LogP contribution in [0.4, 0.5) is 0 Å². The Morgan fingerprint density at radius 2 is 1.60 bits per heavy atom. The van der Waals surface area contributed by atoms with E-state index in [-0.39, 0.29) is 86.2 Å². The molecule has 0 aromatic rings. The number of fused-ring (bicyclic) bond motifs is 3. The first kappa shape index (κ1) is 65.3. The Bertz CT molecular complexity index is 2090. The summed E-state index contributed by atoms with van der Waals surface area (Å²) in [6, 6.07) is -1.16. The standard InChI is InChI=1S/C61H98N2O15/c1-39-18-13-12-14-19-40(2)51(75-31-28-64)36-47-23-21-45(7)61(71,78-47)57(68)58(69)63-26-16-15-20-48(63)59(70)77-52(37-49(65)41(3)33-44(6)55(67)56(73-11)54(66)43(5)32-39)42(4)34-46-22-24-50(53(35-46)72-10)74-29-17-25-62-27-30-76-60(8,9)38-62/h12-14,18-19,33,39,41-43,45-48,50-53,55-56,64,67,71H,15-17,20-32,34-38H2,1-11H3/b14-12+,18-13+,40-19+,44-33+/t39-,41-,42-,43-,45-,46+,47+,48+,50-,51?,52+,53-,55-,56+,61-/m1/s1. The molecule has 17 nitrogen and oxygen atoms in total. The van der Waals surface area contributed by atoms with E-state index in [0.717, 1.165) is 51.1 Å². The minimum Gasteiger partial charge on any atom is -0.460 e. The maximum absolute atomic E-state index is 14.7. The zero-order chi connectivity index (χ0) is 57.3. The summed E-state index contributed by atoms with van der Waals surface area (Å²) in [4.78, 5) is 75.4. The van der Waals surface area contributed by atoms with Crippen molar-refractivity contribution in [2.45, 2.75) is 206 Å². The second kappa shape index (κ2) is 31.1. The van der Waals surface area contributed by atoms with Gasteiger partial charge in [-0.3, -0.25) is 24.1 Å². The molecular weight excluding hydrogens is 1000 g/mol. The van der Waals surface area contributed by atoms with Crippen LogP contribution >= 0.6 is 0 Å². The molecule has 0 aromatic heterocycles. The van der Waals surface area contributed by atoms with Crippen molar-refractivity contribution in [1.29, 1.82) is 0 Å². The molecule has 1 amide bonds. The van der Waals surface area contributed by atoms with Gasteiger partial charge in [0.15, 0.2) is 5.78 Å². The maximum atomic E-state index is 14.7. The SMILES string of the molecule is CO[C@@H]1C[C@H](C[C@@H](C)[C@@H]2CC(=O)[C@H](C)/C=C(\C)[C@@H](O)[C@@H](OC)C(=O)[C@H](C)C[C@H](C)/C=C/C=C/C=C(\C)C(OCCO)C[C@@H]3CC[C@@H](C)[C@@](O)(O3)C(=O)C(=O)N3CCCC[C@H]3C(=O)O2)CC[C@H]1OCCCN1CCOC(C)(C)C1. The van der Waals surface area contributed by atoms with Gasteiger partial charge in [0.2, 0.25) is 5.79 Å². The largest absolute Gasteiger partial charge is 0.460 e. The average molecular weight is 1100 g/mol. The fourth-order valence-corrected chi connectivity index (χ4v) is 12.2. The average Bonchev–Trinajstić information content (AvgIpc) is 3.46. The van der Waals surface area contributed by atoms with Crippen molar-refractivity contribution < 1.29 is 72.5 Å². The summed E-state index contributed by atoms with van der Waals surface area (Å²) in [5.41, 5.74) is 1.03. The van der Waals surface area contributed by atoms with Crippen LogP contribution in [-0.2, 0) is 57.1 Å². The Morgan fingerprint density at radius 3 is 2.31 bits per heavy atom. The number of allylic oxidation sites excluding steroid dienone is 6. The van der Waals surface area contributed by atoms with Crippen LogP contribution in [0, 0.1) is 35.5 Å². The van der Waals surface area contributed by atoms with E-state index in [0.29, 0.717) is 57.1 Å². The number of methoxy groups -OCH3 is 2. The van der Waals surface area contributed by atoms with Crippen molar-refractivity contribution in [2.75, 3.05) is 66.8 Å². The highest BCUT2D eigenvalue weighted by atomic mass is 16.6. The van der Waals surface area contributed by atoms with E-state index in [1.54, 1.807) is 34.0 Å². The highest BCUT2D eigenvalue weighted by molar-refractivity contribution is 6.39. The molecule has 4 aliphatic heterocycles.